The molecular weight excluding hydrogens is 218 g/mol. The van der Waals surface area contributed by atoms with Crippen LogP contribution in [-0.4, -0.2) is 17.6 Å². The lowest BCUT2D eigenvalue weighted by Crippen LogP contribution is -2.33. The van der Waals surface area contributed by atoms with Crippen LogP contribution >= 0.6 is 0 Å². The van der Waals surface area contributed by atoms with Crippen molar-refractivity contribution in [3.8, 4) is 0 Å². The number of rotatable bonds is 2. The zero-order valence-corrected chi connectivity index (χ0v) is 9.34. The molecule has 2 amide bonds. The highest BCUT2D eigenvalue weighted by Gasteiger charge is 2.59. The lowest BCUT2D eigenvalue weighted by atomic mass is 10.1. The minimum Gasteiger partial charge on any atom is -0.294 e. The molecule has 1 aliphatic heterocycles. The van der Waals surface area contributed by atoms with Crippen LogP contribution in [0.4, 0.5) is 5.69 Å². The number of anilines is 1. The molecule has 17 heavy (non-hydrogen) atoms. The number of para-hydroxylation sites is 1. The Morgan fingerprint density at radius 2 is 1.76 bits per heavy atom. The Morgan fingerprint density at radius 1 is 1.18 bits per heavy atom. The standard InChI is InChI=1S/C13H11NO3/c1-7(15)8-4-2-3-5-11(8)14-12(16)9-6-10(9)13(14)17/h2-5,9-10H,6H2,1H3. The molecule has 2 aliphatic rings. The van der Waals surface area contributed by atoms with Crippen molar-refractivity contribution in [1.29, 1.82) is 0 Å². The summed E-state index contributed by atoms with van der Waals surface area (Å²) >= 11 is 0. The second-order valence-corrected chi connectivity index (χ2v) is 4.53. The van der Waals surface area contributed by atoms with Crippen LogP contribution in [0.15, 0.2) is 24.3 Å². The fourth-order valence-electron chi connectivity index (χ4n) is 2.38. The first-order valence-corrected chi connectivity index (χ1v) is 5.59. The Bertz CT molecular complexity index is 529. The molecule has 1 aliphatic carbocycles. The molecule has 1 heterocycles. The summed E-state index contributed by atoms with van der Waals surface area (Å²) in [5, 5.41) is 0. The van der Waals surface area contributed by atoms with Gasteiger partial charge in [0.2, 0.25) is 11.8 Å². The van der Waals surface area contributed by atoms with E-state index in [9.17, 15) is 14.4 Å². The van der Waals surface area contributed by atoms with Gasteiger partial charge in [0.1, 0.15) is 0 Å². The first-order chi connectivity index (χ1) is 8.11. The molecule has 1 saturated heterocycles. The number of carbonyl (C=O) groups excluding carboxylic acids is 3. The SMILES string of the molecule is CC(=O)c1ccccc1N1C(=O)C2CC2C1=O. The fraction of sp³-hybridized carbons (Fsp3) is 0.308. The molecule has 1 aromatic carbocycles. The molecule has 0 bridgehead atoms. The fourth-order valence-corrected chi connectivity index (χ4v) is 2.38. The lowest BCUT2D eigenvalue weighted by molar-refractivity contribution is -0.123. The van der Waals surface area contributed by atoms with Crippen LogP contribution in [0.25, 0.3) is 0 Å². The molecule has 3 rings (SSSR count). The summed E-state index contributed by atoms with van der Waals surface area (Å²) in [5.74, 6) is -0.728. The average Bonchev–Trinajstić information content (AvgIpc) is 3.05. The predicted molar refractivity (Wildman–Crippen MR) is 60.5 cm³/mol. The molecule has 86 valence electrons. The van der Waals surface area contributed by atoms with E-state index < -0.39 is 0 Å². The third kappa shape index (κ3) is 1.33. The first-order valence-electron chi connectivity index (χ1n) is 5.59. The van der Waals surface area contributed by atoms with E-state index in [1.807, 2.05) is 0 Å². The molecule has 0 N–H and O–H groups in total. The number of hydrogen-bond donors (Lipinski definition) is 0. The maximum absolute atomic E-state index is 11.9. The maximum Gasteiger partial charge on any atom is 0.237 e. The van der Waals surface area contributed by atoms with Crippen molar-refractivity contribution in [2.24, 2.45) is 11.8 Å². The summed E-state index contributed by atoms with van der Waals surface area (Å²) in [6, 6.07) is 6.75. The van der Waals surface area contributed by atoms with Gasteiger partial charge < -0.3 is 0 Å². The van der Waals surface area contributed by atoms with Crippen molar-refractivity contribution in [3.63, 3.8) is 0 Å². The van der Waals surface area contributed by atoms with Gasteiger partial charge in [-0.1, -0.05) is 12.1 Å². The van der Waals surface area contributed by atoms with Crippen LogP contribution in [0.5, 0.6) is 0 Å². The number of nitrogens with zero attached hydrogens (tertiary/aromatic N) is 1. The van der Waals surface area contributed by atoms with Gasteiger partial charge in [-0.2, -0.15) is 0 Å². The summed E-state index contributed by atoms with van der Waals surface area (Å²) < 4.78 is 0. The molecule has 1 saturated carbocycles. The van der Waals surface area contributed by atoms with Crippen molar-refractivity contribution in [2.75, 3.05) is 4.90 Å². The quantitative estimate of drug-likeness (QED) is 0.569. The molecule has 4 nitrogen and oxygen atoms in total. The number of benzene rings is 1. The van der Waals surface area contributed by atoms with E-state index in [-0.39, 0.29) is 29.4 Å². The molecule has 1 aromatic rings. The van der Waals surface area contributed by atoms with Gasteiger partial charge in [-0.3, -0.25) is 14.4 Å². The van der Waals surface area contributed by atoms with E-state index in [2.05, 4.69) is 0 Å². The molecule has 0 spiro atoms. The number of fused-ring (bicyclic) bond motifs is 1. The Morgan fingerprint density at radius 3 is 2.35 bits per heavy atom. The van der Waals surface area contributed by atoms with Crippen molar-refractivity contribution >= 4 is 23.3 Å². The van der Waals surface area contributed by atoms with Crippen LogP contribution in [0, 0.1) is 11.8 Å². The van der Waals surface area contributed by atoms with Crippen LogP contribution in [0.1, 0.15) is 23.7 Å². The maximum atomic E-state index is 11.9. The summed E-state index contributed by atoms with van der Waals surface area (Å²) in [4.78, 5) is 36.5. The average molecular weight is 229 g/mol. The van der Waals surface area contributed by atoms with Gasteiger partial charge in [0.25, 0.3) is 0 Å². The third-order valence-electron chi connectivity index (χ3n) is 3.39. The van der Waals surface area contributed by atoms with Crippen LogP contribution in [0.2, 0.25) is 0 Å². The Labute approximate surface area is 98.2 Å². The Balaban J connectivity index is 2.08. The minimum atomic E-state index is -0.159. The Kier molecular flexibility index (Phi) is 1.96. The van der Waals surface area contributed by atoms with Gasteiger partial charge in [-0.25, -0.2) is 4.90 Å². The van der Waals surface area contributed by atoms with E-state index in [4.69, 9.17) is 0 Å². The van der Waals surface area contributed by atoms with Crippen LogP contribution < -0.4 is 4.90 Å². The molecule has 0 radical (unpaired) electrons. The molecule has 0 aromatic heterocycles. The number of Topliss-reactive ketones (excluding diaryl/α,β-unsaturated/α-hetero) is 1. The van der Waals surface area contributed by atoms with Crippen LogP contribution in [0.3, 0.4) is 0 Å². The van der Waals surface area contributed by atoms with Crippen molar-refractivity contribution < 1.29 is 14.4 Å². The highest BCUT2D eigenvalue weighted by molar-refractivity contribution is 6.26. The minimum absolute atomic E-state index is 0.137. The smallest absolute Gasteiger partial charge is 0.237 e. The van der Waals surface area contributed by atoms with E-state index in [1.54, 1.807) is 24.3 Å². The number of hydrogen-bond acceptors (Lipinski definition) is 3. The normalized spacial score (nSPS) is 26.1. The number of imide groups is 1. The van der Waals surface area contributed by atoms with Gasteiger partial charge in [0.05, 0.1) is 17.5 Å². The summed E-state index contributed by atoms with van der Waals surface area (Å²) in [5.41, 5.74) is 0.859. The van der Waals surface area contributed by atoms with Crippen molar-refractivity contribution in [3.05, 3.63) is 29.8 Å². The summed E-state index contributed by atoms with van der Waals surface area (Å²) in [7, 11) is 0. The highest BCUT2D eigenvalue weighted by Crippen LogP contribution is 2.48. The zero-order chi connectivity index (χ0) is 12.2. The van der Waals surface area contributed by atoms with Crippen LogP contribution in [-0.2, 0) is 9.59 Å². The molecular formula is C13H11NO3. The largest absolute Gasteiger partial charge is 0.294 e. The van der Waals surface area contributed by atoms with E-state index in [0.29, 0.717) is 17.7 Å². The lowest BCUT2D eigenvalue weighted by Gasteiger charge is -2.18. The second kappa shape index (κ2) is 3.26. The predicted octanol–water partition coefficient (Wildman–Crippen LogP) is 1.40. The molecule has 4 heteroatoms. The molecule has 2 atom stereocenters. The Hall–Kier alpha value is -1.97. The molecule has 2 fully saturated rings. The van der Waals surface area contributed by atoms with Gasteiger partial charge >= 0.3 is 0 Å². The van der Waals surface area contributed by atoms with Crippen molar-refractivity contribution in [2.45, 2.75) is 13.3 Å². The summed E-state index contributed by atoms with van der Waals surface area (Å²) in [6.07, 6.45) is 0.677. The summed E-state index contributed by atoms with van der Waals surface area (Å²) in [6.45, 7) is 1.44. The van der Waals surface area contributed by atoms with Gasteiger partial charge in [0, 0.05) is 5.56 Å². The first kappa shape index (κ1) is 10.2. The number of piperidine rings is 1. The number of ketones is 1. The topological polar surface area (TPSA) is 54.5 Å². The van der Waals surface area contributed by atoms with E-state index in [1.165, 1.54) is 11.8 Å². The van der Waals surface area contributed by atoms with Gasteiger partial charge in [-0.15, -0.1) is 0 Å². The number of carbonyl (C=O) groups is 3. The van der Waals surface area contributed by atoms with Gasteiger partial charge in [-0.05, 0) is 25.5 Å². The second-order valence-electron chi connectivity index (χ2n) is 4.53. The highest BCUT2D eigenvalue weighted by atomic mass is 16.2. The third-order valence-corrected chi connectivity index (χ3v) is 3.39. The van der Waals surface area contributed by atoms with Crippen molar-refractivity contribution in [1.82, 2.24) is 0 Å². The monoisotopic (exact) mass is 229 g/mol. The van der Waals surface area contributed by atoms with Gasteiger partial charge in [0.15, 0.2) is 5.78 Å². The molecule has 2 unspecified atom stereocenters. The van der Waals surface area contributed by atoms with E-state index >= 15 is 0 Å². The number of amides is 2. The zero-order valence-electron chi connectivity index (χ0n) is 9.34. The van der Waals surface area contributed by atoms with E-state index in [0.717, 1.165) is 0 Å².